The van der Waals surface area contributed by atoms with Crippen molar-refractivity contribution in [3.05, 3.63) is 12.2 Å². The van der Waals surface area contributed by atoms with Gasteiger partial charge in [-0.15, -0.1) is 0 Å². The number of carboxylic acid groups (broad SMARTS) is 1. The lowest BCUT2D eigenvalue weighted by Gasteiger charge is -2.27. The molecule has 0 radical (unpaired) electrons. The van der Waals surface area contributed by atoms with Crippen LogP contribution in [-0.2, 0) is 4.79 Å². The molecule has 5 heteroatoms. The van der Waals surface area contributed by atoms with Crippen molar-refractivity contribution in [1.82, 2.24) is 10.6 Å². The average Bonchev–Trinajstić information content (AvgIpc) is 2.29. The summed E-state index contributed by atoms with van der Waals surface area (Å²) >= 11 is 0. The van der Waals surface area contributed by atoms with Crippen LogP contribution in [0.3, 0.4) is 0 Å². The van der Waals surface area contributed by atoms with Gasteiger partial charge in [0.1, 0.15) is 5.54 Å². The zero-order valence-electron chi connectivity index (χ0n) is 10.3. The van der Waals surface area contributed by atoms with Gasteiger partial charge >= 0.3 is 12.0 Å². The zero-order valence-corrected chi connectivity index (χ0v) is 10.3. The summed E-state index contributed by atoms with van der Waals surface area (Å²) in [6.45, 7) is 3.24. The molecule has 1 aliphatic carbocycles. The molecule has 0 saturated heterocycles. The maximum Gasteiger partial charge on any atom is 0.329 e. The summed E-state index contributed by atoms with van der Waals surface area (Å²) in [6, 6.07) is -0.299. The van der Waals surface area contributed by atoms with Gasteiger partial charge in [-0.3, -0.25) is 0 Å². The van der Waals surface area contributed by atoms with Crippen LogP contribution in [0.5, 0.6) is 0 Å². The minimum atomic E-state index is -1.20. The van der Waals surface area contributed by atoms with Gasteiger partial charge in [0.15, 0.2) is 0 Å². The number of carboxylic acids is 1. The SMILES string of the molecule is CCC(C)(NC(=O)NC1CC=CCC1)C(=O)O. The first kappa shape index (κ1) is 13.5. The van der Waals surface area contributed by atoms with Crippen LogP contribution in [0.1, 0.15) is 39.5 Å². The zero-order chi connectivity index (χ0) is 12.9. The van der Waals surface area contributed by atoms with Crippen molar-refractivity contribution < 1.29 is 14.7 Å². The predicted molar refractivity (Wildman–Crippen MR) is 64.8 cm³/mol. The number of allylic oxidation sites excluding steroid dienone is 1. The fourth-order valence-electron chi connectivity index (χ4n) is 1.69. The highest BCUT2D eigenvalue weighted by molar-refractivity contribution is 5.85. The summed E-state index contributed by atoms with van der Waals surface area (Å²) in [5.74, 6) is -1.02. The van der Waals surface area contributed by atoms with Crippen molar-refractivity contribution >= 4 is 12.0 Å². The molecule has 1 aliphatic rings. The average molecular weight is 240 g/mol. The Hall–Kier alpha value is -1.52. The normalized spacial score (nSPS) is 22.6. The highest BCUT2D eigenvalue weighted by Gasteiger charge is 2.33. The molecule has 2 amide bonds. The summed E-state index contributed by atoms with van der Waals surface area (Å²) in [4.78, 5) is 22.7. The Kier molecular flexibility index (Phi) is 4.54. The first-order valence-corrected chi connectivity index (χ1v) is 5.95. The second kappa shape index (κ2) is 5.70. The van der Waals surface area contributed by atoms with Crippen LogP contribution in [0.2, 0.25) is 0 Å². The van der Waals surface area contributed by atoms with Gasteiger partial charge in [0.05, 0.1) is 0 Å². The molecule has 1 rings (SSSR count). The molecule has 0 fully saturated rings. The maximum atomic E-state index is 11.7. The Bertz CT molecular complexity index is 328. The van der Waals surface area contributed by atoms with Gasteiger partial charge in [-0.1, -0.05) is 19.1 Å². The van der Waals surface area contributed by atoms with E-state index >= 15 is 0 Å². The molecule has 0 aromatic carbocycles. The van der Waals surface area contributed by atoms with E-state index in [2.05, 4.69) is 16.7 Å². The number of urea groups is 1. The molecule has 0 saturated carbocycles. The number of carbonyl (C=O) groups excluding carboxylic acids is 1. The molecule has 0 bridgehead atoms. The lowest BCUT2D eigenvalue weighted by molar-refractivity contribution is -0.143. The third kappa shape index (κ3) is 3.76. The molecule has 2 unspecified atom stereocenters. The number of carbonyl (C=O) groups is 2. The molecular weight excluding hydrogens is 220 g/mol. The highest BCUT2D eigenvalue weighted by Crippen LogP contribution is 2.12. The number of hydrogen-bond donors (Lipinski definition) is 3. The number of nitrogens with one attached hydrogen (secondary N) is 2. The van der Waals surface area contributed by atoms with E-state index in [9.17, 15) is 9.59 Å². The molecule has 0 aliphatic heterocycles. The minimum absolute atomic E-state index is 0.106. The molecular formula is C12H20N2O3. The van der Waals surface area contributed by atoms with Crippen LogP contribution in [0, 0.1) is 0 Å². The van der Waals surface area contributed by atoms with Crippen molar-refractivity contribution in [1.29, 1.82) is 0 Å². The van der Waals surface area contributed by atoms with E-state index in [1.807, 2.05) is 6.08 Å². The Morgan fingerprint density at radius 2 is 2.18 bits per heavy atom. The van der Waals surface area contributed by atoms with Crippen LogP contribution >= 0.6 is 0 Å². The molecule has 0 aromatic rings. The fourth-order valence-corrected chi connectivity index (χ4v) is 1.69. The smallest absolute Gasteiger partial charge is 0.329 e. The van der Waals surface area contributed by atoms with Crippen LogP contribution in [0.4, 0.5) is 4.79 Å². The third-order valence-electron chi connectivity index (χ3n) is 3.17. The summed E-state index contributed by atoms with van der Waals surface area (Å²) in [6.07, 6.45) is 7.13. The van der Waals surface area contributed by atoms with Gasteiger partial charge in [0.25, 0.3) is 0 Å². The Labute approximate surface area is 101 Å². The van der Waals surface area contributed by atoms with Crippen LogP contribution < -0.4 is 10.6 Å². The van der Waals surface area contributed by atoms with E-state index in [1.54, 1.807) is 6.92 Å². The Morgan fingerprint density at radius 3 is 2.65 bits per heavy atom. The first-order chi connectivity index (χ1) is 7.98. The van der Waals surface area contributed by atoms with Gasteiger partial charge in [-0.05, 0) is 32.6 Å². The second-order valence-corrected chi connectivity index (χ2v) is 4.57. The summed E-state index contributed by atoms with van der Waals surface area (Å²) < 4.78 is 0. The molecule has 17 heavy (non-hydrogen) atoms. The molecule has 0 aromatic heterocycles. The van der Waals surface area contributed by atoms with Gasteiger partial charge in [-0.25, -0.2) is 9.59 Å². The van der Waals surface area contributed by atoms with Crippen LogP contribution in [0.25, 0.3) is 0 Å². The lowest BCUT2D eigenvalue weighted by Crippen LogP contribution is -2.56. The van der Waals surface area contributed by atoms with Crippen molar-refractivity contribution in [3.8, 4) is 0 Å². The van der Waals surface area contributed by atoms with Crippen LogP contribution in [-0.4, -0.2) is 28.7 Å². The third-order valence-corrected chi connectivity index (χ3v) is 3.17. The van der Waals surface area contributed by atoms with E-state index < -0.39 is 17.5 Å². The van der Waals surface area contributed by atoms with Crippen molar-refractivity contribution in [2.45, 2.75) is 51.1 Å². The summed E-state index contributed by atoms with van der Waals surface area (Å²) in [5, 5.41) is 14.3. The second-order valence-electron chi connectivity index (χ2n) is 4.57. The van der Waals surface area contributed by atoms with Crippen molar-refractivity contribution in [2.75, 3.05) is 0 Å². The minimum Gasteiger partial charge on any atom is -0.480 e. The molecule has 3 N–H and O–H groups in total. The Morgan fingerprint density at radius 1 is 1.47 bits per heavy atom. The fraction of sp³-hybridized carbons (Fsp3) is 0.667. The molecule has 2 atom stereocenters. The molecule has 96 valence electrons. The lowest BCUT2D eigenvalue weighted by atomic mass is 9.99. The van der Waals surface area contributed by atoms with E-state index in [1.165, 1.54) is 6.92 Å². The predicted octanol–water partition coefficient (Wildman–Crippen LogP) is 1.65. The topological polar surface area (TPSA) is 78.4 Å². The van der Waals surface area contributed by atoms with Crippen molar-refractivity contribution in [3.63, 3.8) is 0 Å². The largest absolute Gasteiger partial charge is 0.480 e. The monoisotopic (exact) mass is 240 g/mol. The van der Waals surface area contributed by atoms with E-state index in [4.69, 9.17) is 5.11 Å². The number of hydrogen-bond acceptors (Lipinski definition) is 2. The number of amides is 2. The van der Waals surface area contributed by atoms with Gasteiger partial charge in [0.2, 0.25) is 0 Å². The van der Waals surface area contributed by atoms with Gasteiger partial charge < -0.3 is 15.7 Å². The first-order valence-electron chi connectivity index (χ1n) is 5.95. The van der Waals surface area contributed by atoms with E-state index in [0.717, 1.165) is 19.3 Å². The van der Waals surface area contributed by atoms with Gasteiger partial charge in [-0.2, -0.15) is 0 Å². The molecule has 5 nitrogen and oxygen atoms in total. The molecule has 0 heterocycles. The van der Waals surface area contributed by atoms with E-state index in [0.29, 0.717) is 6.42 Å². The number of rotatable bonds is 4. The van der Waals surface area contributed by atoms with Crippen LogP contribution in [0.15, 0.2) is 12.2 Å². The summed E-state index contributed by atoms with van der Waals surface area (Å²) in [7, 11) is 0. The standard InChI is InChI=1S/C12H20N2O3/c1-3-12(2,10(15)16)14-11(17)13-9-7-5-4-6-8-9/h4-5,9H,3,6-8H2,1-2H3,(H,15,16)(H2,13,14,17). The van der Waals surface area contributed by atoms with Gasteiger partial charge in [0, 0.05) is 6.04 Å². The van der Waals surface area contributed by atoms with E-state index in [-0.39, 0.29) is 6.04 Å². The van der Waals surface area contributed by atoms with Crippen molar-refractivity contribution in [2.24, 2.45) is 0 Å². The Balaban J connectivity index is 2.48. The summed E-state index contributed by atoms with van der Waals surface area (Å²) in [5.41, 5.74) is -1.20. The molecule has 0 spiro atoms. The quantitative estimate of drug-likeness (QED) is 0.654. The number of aliphatic carboxylic acids is 1. The highest BCUT2D eigenvalue weighted by atomic mass is 16.4. The maximum absolute atomic E-state index is 11.7.